The molecule has 0 atom stereocenters. The maximum atomic E-state index is 5.22. The number of thiocarbonyl (C=S) groups is 2. The van der Waals surface area contributed by atoms with Crippen molar-refractivity contribution in [2.45, 2.75) is 20.3 Å². The molecule has 0 unspecified atom stereocenters. The molecule has 0 aromatic heterocycles. The van der Waals surface area contributed by atoms with Crippen molar-refractivity contribution in [3.63, 3.8) is 0 Å². The van der Waals surface area contributed by atoms with Gasteiger partial charge < -0.3 is 15.5 Å². The van der Waals surface area contributed by atoms with Crippen molar-refractivity contribution in [2.24, 2.45) is 0 Å². The van der Waals surface area contributed by atoms with Crippen molar-refractivity contribution >= 4 is 40.3 Å². The first-order valence-electron chi connectivity index (χ1n) is 7.35. The van der Waals surface area contributed by atoms with E-state index < -0.39 is 0 Å². The molecule has 0 heterocycles. The van der Waals surface area contributed by atoms with Crippen molar-refractivity contribution < 1.29 is 4.90 Å². The molecule has 5 N–H and O–H groups in total. The number of anilines is 1. The third kappa shape index (κ3) is 7.53. The van der Waals surface area contributed by atoms with Crippen LogP contribution in [0.15, 0.2) is 18.2 Å². The number of rotatable bonds is 5. The van der Waals surface area contributed by atoms with Crippen LogP contribution in [0, 0.1) is 13.8 Å². The van der Waals surface area contributed by atoms with Crippen LogP contribution >= 0.6 is 24.4 Å². The van der Waals surface area contributed by atoms with Crippen LogP contribution in [0.5, 0.6) is 0 Å². The van der Waals surface area contributed by atoms with Gasteiger partial charge in [-0.15, -0.1) is 0 Å². The summed E-state index contributed by atoms with van der Waals surface area (Å²) >= 11 is 10.4. The third-order valence-electron chi connectivity index (χ3n) is 3.19. The zero-order valence-electron chi connectivity index (χ0n) is 13.7. The lowest BCUT2D eigenvalue weighted by atomic mass is 10.1. The molecule has 122 valence electrons. The lowest BCUT2D eigenvalue weighted by molar-refractivity contribution is -0.858. The SMILES string of the molecule is Cc1ccc(NC(=S)NNC(=S)NCCC[NH+](C)C)cc1C. The molecule has 0 aliphatic rings. The number of hydrogen-bond acceptors (Lipinski definition) is 2. The van der Waals surface area contributed by atoms with E-state index in [1.165, 1.54) is 16.0 Å². The normalized spacial score (nSPS) is 10.2. The van der Waals surface area contributed by atoms with Gasteiger partial charge in [0.15, 0.2) is 10.2 Å². The quantitative estimate of drug-likeness (QED) is 0.306. The molecule has 0 spiro atoms. The molecule has 0 saturated carbocycles. The minimum atomic E-state index is 0.477. The zero-order valence-corrected chi connectivity index (χ0v) is 15.3. The number of benzene rings is 1. The van der Waals surface area contributed by atoms with Gasteiger partial charge in [-0.2, -0.15) is 0 Å². The van der Waals surface area contributed by atoms with Crippen LogP contribution in [0.1, 0.15) is 17.5 Å². The molecule has 1 rings (SSSR count). The predicted molar refractivity (Wildman–Crippen MR) is 101 cm³/mol. The first-order valence-corrected chi connectivity index (χ1v) is 8.17. The van der Waals surface area contributed by atoms with Gasteiger partial charge in [-0.3, -0.25) is 10.9 Å². The number of hydrogen-bond donors (Lipinski definition) is 5. The van der Waals surface area contributed by atoms with Crippen molar-refractivity contribution in [1.82, 2.24) is 16.2 Å². The van der Waals surface area contributed by atoms with E-state index in [1.807, 2.05) is 6.07 Å². The first-order chi connectivity index (χ1) is 10.4. The van der Waals surface area contributed by atoms with Crippen LogP contribution in [0.25, 0.3) is 0 Å². The third-order valence-corrected chi connectivity index (χ3v) is 3.64. The fraction of sp³-hybridized carbons (Fsp3) is 0.467. The number of quaternary nitrogens is 1. The van der Waals surface area contributed by atoms with Gasteiger partial charge >= 0.3 is 0 Å². The molecule has 7 heteroatoms. The Morgan fingerprint density at radius 3 is 2.36 bits per heavy atom. The van der Waals surface area contributed by atoms with E-state index in [9.17, 15) is 0 Å². The van der Waals surface area contributed by atoms with Gasteiger partial charge in [0, 0.05) is 18.7 Å². The highest BCUT2D eigenvalue weighted by Gasteiger charge is 2.01. The molecule has 0 amide bonds. The Labute approximate surface area is 143 Å². The highest BCUT2D eigenvalue weighted by atomic mass is 32.1. The number of nitrogens with one attached hydrogen (secondary N) is 5. The summed E-state index contributed by atoms with van der Waals surface area (Å²) in [4.78, 5) is 1.43. The summed E-state index contributed by atoms with van der Waals surface area (Å²) in [7, 11) is 4.27. The largest absolute Gasteiger partial charge is 0.361 e. The lowest BCUT2D eigenvalue weighted by Crippen LogP contribution is -3.05. The minimum absolute atomic E-state index is 0.477. The van der Waals surface area contributed by atoms with Crippen LogP contribution in [0.4, 0.5) is 5.69 Å². The first kappa shape index (κ1) is 18.6. The Morgan fingerprint density at radius 2 is 1.73 bits per heavy atom. The minimum Gasteiger partial charge on any atom is -0.361 e. The van der Waals surface area contributed by atoms with E-state index in [0.717, 1.165) is 25.2 Å². The molecule has 0 bridgehead atoms. The van der Waals surface area contributed by atoms with Crippen molar-refractivity contribution in [1.29, 1.82) is 0 Å². The Bertz CT molecular complexity index is 517. The molecule has 5 nitrogen and oxygen atoms in total. The summed E-state index contributed by atoms with van der Waals surface area (Å²) in [5.74, 6) is 0. The Hall–Kier alpha value is -1.44. The molecular weight excluding hydrogens is 314 g/mol. The smallest absolute Gasteiger partial charge is 0.189 e. The monoisotopic (exact) mass is 340 g/mol. The Morgan fingerprint density at radius 1 is 1.05 bits per heavy atom. The van der Waals surface area contributed by atoms with Gasteiger partial charge in [-0.05, 0) is 61.5 Å². The van der Waals surface area contributed by atoms with Crippen molar-refractivity contribution in [2.75, 3.05) is 32.5 Å². The van der Waals surface area contributed by atoms with E-state index in [-0.39, 0.29) is 0 Å². The number of hydrazine groups is 1. The van der Waals surface area contributed by atoms with Crippen LogP contribution in [-0.4, -0.2) is 37.4 Å². The Balaban J connectivity index is 2.24. The molecule has 0 fully saturated rings. The summed E-state index contributed by atoms with van der Waals surface area (Å²) < 4.78 is 0. The van der Waals surface area contributed by atoms with Crippen molar-refractivity contribution in [3.05, 3.63) is 29.3 Å². The van der Waals surface area contributed by atoms with Gasteiger partial charge in [0.1, 0.15) is 0 Å². The molecule has 1 aromatic carbocycles. The van der Waals surface area contributed by atoms with E-state index in [2.05, 4.69) is 61.6 Å². The van der Waals surface area contributed by atoms with Crippen LogP contribution in [0.3, 0.4) is 0 Å². The molecule has 0 aliphatic heterocycles. The highest BCUT2D eigenvalue weighted by Crippen LogP contribution is 2.13. The van der Waals surface area contributed by atoms with Gasteiger partial charge in [-0.1, -0.05) is 6.07 Å². The fourth-order valence-electron chi connectivity index (χ4n) is 1.78. The van der Waals surface area contributed by atoms with Crippen LogP contribution in [-0.2, 0) is 0 Å². The molecule has 22 heavy (non-hydrogen) atoms. The van der Waals surface area contributed by atoms with Gasteiger partial charge in [0.05, 0.1) is 20.6 Å². The summed E-state index contributed by atoms with van der Waals surface area (Å²) in [6, 6.07) is 6.12. The van der Waals surface area contributed by atoms with E-state index in [0.29, 0.717) is 10.2 Å². The average molecular weight is 341 g/mol. The maximum Gasteiger partial charge on any atom is 0.189 e. The second kappa shape index (κ2) is 9.55. The van der Waals surface area contributed by atoms with Crippen LogP contribution in [0.2, 0.25) is 0 Å². The maximum absolute atomic E-state index is 5.22. The summed E-state index contributed by atoms with van der Waals surface area (Å²) in [5.41, 5.74) is 9.19. The second-order valence-corrected chi connectivity index (χ2v) is 6.39. The molecular formula is C15H26N5S2+. The topological polar surface area (TPSA) is 52.6 Å². The van der Waals surface area contributed by atoms with Gasteiger partial charge in [0.25, 0.3) is 0 Å². The second-order valence-electron chi connectivity index (χ2n) is 5.57. The highest BCUT2D eigenvalue weighted by molar-refractivity contribution is 7.80. The van der Waals surface area contributed by atoms with E-state index in [1.54, 1.807) is 0 Å². The molecule has 0 saturated heterocycles. The van der Waals surface area contributed by atoms with Crippen LogP contribution < -0.4 is 26.4 Å². The summed E-state index contributed by atoms with van der Waals surface area (Å²) in [5, 5.41) is 7.26. The summed E-state index contributed by atoms with van der Waals surface area (Å²) in [6.07, 6.45) is 1.06. The van der Waals surface area contributed by atoms with Crippen molar-refractivity contribution in [3.8, 4) is 0 Å². The van der Waals surface area contributed by atoms with E-state index in [4.69, 9.17) is 24.4 Å². The lowest BCUT2D eigenvalue weighted by Gasteiger charge is -2.15. The standard InChI is InChI=1S/C15H25N5S2/c1-11-6-7-13(10-12(11)2)17-15(22)19-18-14(21)16-8-5-9-20(3)4/h6-7,10H,5,8-9H2,1-4H3,(H2,16,18,21)(H2,17,19,22)/p+1. The molecule has 1 aromatic rings. The molecule has 0 aliphatic carbocycles. The van der Waals surface area contributed by atoms with Gasteiger partial charge in [0.2, 0.25) is 0 Å². The molecule has 0 radical (unpaired) electrons. The summed E-state index contributed by atoms with van der Waals surface area (Å²) in [6.45, 7) is 6.11. The zero-order chi connectivity index (χ0) is 16.5. The van der Waals surface area contributed by atoms with Gasteiger partial charge in [-0.25, -0.2) is 0 Å². The fourth-order valence-corrected chi connectivity index (χ4v) is 2.11. The number of aryl methyl sites for hydroxylation is 2. The Kier molecular flexibility index (Phi) is 8.08. The van der Waals surface area contributed by atoms with E-state index >= 15 is 0 Å². The average Bonchev–Trinajstić information content (AvgIpc) is 2.45. The predicted octanol–water partition coefficient (Wildman–Crippen LogP) is 0.504.